The fourth-order valence-corrected chi connectivity index (χ4v) is 4.33. The first-order valence-electron chi connectivity index (χ1n) is 12.4. The number of hydrogen-bond acceptors (Lipinski definition) is 5. The Morgan fingerprint density at radius 3 is 1.97 bits per heavy atom. The van der Waals surface area contributed by atoms with Crippen LogP contribution in [0.25, 0.3) is 22.7 Å². The number of phenols is 1. The van der Waals surface area contributed by atoms with Gasteiger partial charge in [0.15, 0.2) is 0 Å². The molecule has 0 aliphatic rings. The molecule has 0 bridgehead atoms. The maximum atomic E-state index is 11.2. The highest BCUT2D eigenvalue weighted by Gasteiger charge is 2.28. The molecule has 0 saturated carbocycles. The van der Waals surface area contributed by atoms with Crippen molar-refractivity contribution in [2.24, 2.45) is 0 Å². The molecule has 2 heterocycles. The van der Waals surface area contributed by atoms with Gasteiger partial charge in [-0.25, -0.2) is 4.98 Å². The first-order valence-corrected chi connectivity index (χ1v) is 12.4. The summed E-state index contributed by atoms with van der Waals surface area (Å²) in [6.45, 7) is 12.7. The fourth-order valence-electron chi connectivity index (χ4n) is 4.33. The third-order valence-corrected chi connectivity index (χ3v) is 6.41. The summed E-state index contributed by atoms with van der Waals surface area (Å²) in [7, 11) is 4.06. The van der Waals surface area contributed by atoms with E-state index in [9.17, 15) is 5.11 Å². The number of rotatable bonds is 5. The van der Waals surface area contributed by atoms with E-state index >= 15 is 0 Å². The minimum atomic E-state index is -0.240. The van der Waals surface area contributed by atoms with Crippen molar-refractivity contribution in [2.75, 3.05) is 19.0 Å². The standard InChI is InChI=1S/C31H37N3O2/c1-30(2,3)24-17-22(18-25(28(24)35)31(4,5)6)29-33-27(21-11-13-23(14-12-21)34(7)8)26(36-29)16-20-10-9-15-32-19-20/h9-15,17-19,35H,16H2,1-8H3. The predicted octanol–water partition coefficient (Wildman–Crippen LogP) is 7.36. The van der Waals surface area contributed by atoms with Crippen LogP contribution < -0.4 is 4.90 Å². The Hall–Kier alpha value is -3.60. The van der Waals surface area contributed by atoms with E-state index in [1.54, 1.807) is 6.20 Å². The van der Waals surface area contributed by atoms with Crippen LogP contribution in [0.3, 0.4) is 0 Å². The third-order valence-electron chi connectivity index (χ3n) is 6.41. The largest absolute Gasteiger partial charge is 0.507 e. The number of phenolic OH excluding ortho intramolecular Hbond substituents is 1. The lowest BCUT2D eigenvalue weighted by Crippen LogP contribution is -2.17. The maximum absolute atomic E-state index is 11.2. The predicted molar refractivity (Wildman–Crippen MR) is 148 cm³/mol. The summed E-state index contributed by atoms with van der Waals surface area (Å²) >= 11 is 0. The van der Waals surface area contributed by atoms with Crippen molar-refractivity contribution in [3.8, 4) is 28.5 Å². The van der Waals surface area contributed by atoms with E-state index in [0.717, 1.165) is 45.0 Å². The van der Waals surface area contributed by atoms with Crippen LogP contribution in [0.5, 0.6) is 5.75 Å². The number of anilines is 1. The van der Waals surface area contributed by atoms with Crippen LogP contribution in [0.2, 0.25) is 0 Å². The van der Waals surface area contributed by atoms with E-state index in [1.807, 2.05) is 44.6 Å². The van der Waals surface area contributed by atoms with Crippen molar-refractivity contribution in [1.82, 2.24) is 9.97 Å². The smallest absolute Gasteiger partial charge is 0.226 e. The van der Waals surface area contributed by atoms with E-state index < -0.39 is 0 Å². The zero-order valence-corrected chi connectivity index (χ0v) is 22.7. The van der Waals surface area contributed by atoms with Crippen molar-refractivity contribution in [1.29, 1.82) is 0 Å². The molecule has 0 spiro atoms. The number of benzene rings is 2. The van der Waals surface area contributed by atoms with Crippen molar-refractivity contribution >= 4 is 5.69 Å². The first kappa shape index (κ1) is 25.5. The van der Waals surface area contributed by atoms with E-state index in [-0.39, 0.29) is 10.8 Å². The van der Waals surface area contributed by atoms with E-state index in [4.69, 9.17) is 9.40 Å². The van der Waals surface area contributed by atoms with Crippen molar-refractivity contribution in [3.63, 3.8) is 0 Å². The van der Waals surface area contributed by atoms with Gasteiger partial charge in [-0.1, -0.05) is 59.7 Å². The monoisotopic (exact) mass is 483 g/mol. The second-order valence-electron chi connectivity index (χ2n) is 11.7. The van der Waals surface area contributed by atoms with Gasteiger partial charge in [0, 0.05) is 60.9 Å². The molecule has 0 aliphatic carbocycles. The number of oxazole rings is 1. The van der Waals surface area contributed by atoms with Crippen LogP contribution in [0.4, 0.5) is 5.69 Å². The van der Waals surface area contributed by atoms with Gasteiger partial charge in [-0.3, -0.25) is 4.98 Å². The van der Waals surface area contributed by atoms with Crippen molar-refractivity contribution in [3.05, 3.63) is 83.4 Å². The molecule has 0 aliphatic heterocycles. The van der Waals surface area contributed by atoms with Gasteiger partial charge >= 0.3 is 0 Å². The van der Waals surface area contributed by atoms with Crippen LogP contribution in [0.15, 0.2) is 65.3 Å². The molecule has 0 amide bonds. The number of hydrogen-bond donors (Lipinski definition) is 1. The molecule has 1 N–H and O–H groups in total. The molecular formula is C31H37N3O2. The Bertz CT molecular complexity index is 1300. The minimum absolute atomic E-state index is 0.240. The van der Waals surface area contributed by atoms with Crippen molar-refractivity contribution in [2.45, 2.75) is 58.8 Å². The number of aromatic nitrogens is 2. The van der Waals surface area contributed by atoms with Gasteiger partial charge in [0.2, 0.25) is 5.89 Å². The Balaban J connectivity index is 1.90. The summed E-state index contributed by atoms with van der Waals surface area (Å²) < 4.78 is 6.48. The molecule has 188 valence electrons. The average Bonchev–Trinajstić information content (AvgIpc) is 3.22. The lowest BCUT2D eigenvalue weighted by atomic mass is 9.78. The summed E-state index contributed by atoms with van der Waals surface area (Å²) in [4.78, 5) is 11.4. The molecule has 2 aromatic carbocycles. The van der Waals surface area contributed by atoms with Gasteiger partial charge in [0.05, 0.1) is 0 Å². The highest BCUT2D eigenvalue weighted by Crippen LogP contribution is 2.42. The molecule has 2 aromatic heterocycles. The fraction of sp³-hybridized carbons (Fsp3) is 0.355. The third kappa shape index (κ3) is 5.30. The quantitative estimate of drug-likeness (QED) is 0.321. The average molecular weight is 484 g/mol. The molecule has 0 unspecified atom stereocenters. The Kier molecular flexibility index (Phi) is 6.70. The number of aromatic hydroxyl groups is 1. The molecule has 5 heteroatoms. The first-order chi connectivity index (χ1) is 16.8. The second kappa shape index (κ2) is 9.45. The summed E-state index contributed by atoms with van der Waals surface area (Å²) in [5, 5.41) is 11.2. The molecule has 36 heavy (non-hydrogen) atoms. The molecule has 0 fully saturated rings. The van der Waals surface area contributed by atoms with Crippen molar-refractivity contribution < 1.29 is 9.52 Å². The molecule has 4 aromatic rings. The minimum Gasteiger partial charge on any atom is -0.507 e. The van der Waals surface area contributed by atoms with Gasteiger partial charge in [-0.15, -0.1) is 0 Å². The van der Waals surface area contributed by atoms with Gasteiger partial charge in [-0.2, -0.15) is 0 Å². The van der Waals surface area contributed by atoms with Gasteiger partial charge in [-0.05, 0) is 46.7 Å². The summed E-state index contributed by atoms with van der Waals surface area (Å²) in [5.41, 5.74) is 6.16. The molecule has 5 nitrogen and oxygen atoms in total. The Morgan fingerprint density at radius 1 is 0.861 bits per heavy atom. The summed E-state index contributed by atoms with van der Waals surface area (Å²) in [6.07, 6.45) is 4.22. The van der Waals surface area contributed by atoms with Crippen LogP contribution >= 0.6 is 0 Å². The summed E-state index contributed by atoms with van der Waals surface area (Å²) in [6, 6.07) is 16.4. The van der Waals surface area contributed by atoms with Crippen LogP contribution in [0, 0.1) is 0 Å². The molecule has 0 atom stereocenters. The Morgan fingerprint density at radius 2 is 1.47 bits per heavy atom. The van der Waals surface area contributed by atoms with Crippen LogP contribution in [0.1, 0.15) is 64.0 Å². The van der Waals surface area contributed by atoms with Crippen LogP contribution in [-0.2, 0) is 17.3 Å². The zero-order valence-electron chi connectivity index (χ0n) is 22.7. The SMILES string of the molecule is CN(C)c1ccc(-c2nc(-c3cc(C(C)(C)C)c(O)c(C(C)(C)C)c3)oc2Cc2cccnc2)cc1. The summed E-state index contributed by atoms with van der Waals surface area (Å²) in [5.74, 6) is 1.69. The second-order valence-corrected chi connectivity index (χ2v) is 11.7. The van der Waals surface area contributed by atoms with Gasteiger partial charge in [0.25, 0.3) is 0 Å². The topological polar surface area (TPSA) is 62.4 Å². The van der Waals surface area contributed by atoms with Gasteiger partial charge < -0.3 is 14.4 Å². The van der Waals surface area contributed by atoms with E-state index in [0.29, 0.717) is 18.1 Å². The number of nitrogens with zero attached hydrogens (tertiary/aromatic N) is 3. The highest BCUT2D eigenvalue weighted by atomic mass is 16.4. The highest BCUT2D eigenvalue weighted by molar-refractivity contribution is 5.70. The molecule has 0 radical (unpaired) electrons. The maximum Gasteiger partial charge on any atom is 0.226 e. The van der Waals surface area contributed by atoms with E-state index in [2.05, 4.69) is 75.7 Å². The normalized spacial score (nSPS) is 12.1. The molecular weight excluding hydrogens is 446 g/mol. The lowest BCUT2D eigenvalue weighted by molar-refractivity contribution is 0.423. The molecule has 4 rings (SSSR count). The van der Waals surface area contributed by atoms with Gasteiger partial charge in [0.1, 0.15) is 17.2 Å². The molecule has 0 saturated heterocycles. The zero-order chi connectivity index (χ0) is 26.3. The van der Waals surface area contributed by atoms with E-state index in [1.165, 1.54) is 0 Å². The van der Waals surface area contributed by atoms with Crippen LogP contribution in [-0.4, -0.2) is 29.2 Å². The number of pyridine rings is 1. The lowest BCUT2D eigenvalue weighted by Gasteiger charge is -2.27. The Labute approximate surface area is 214 Å².